The van der Waals surface area contributed by atoms with E-state index in [9.17, 15) is 9.90 Å². The fourth-order valence-corrected chi connectivity index (χ4v) is 2.92. The van der Waals surface area contributed by atoms with E-state index in [1.165, 1.54) is 12.8 Å². The molecule has 22 heavy (non-hydrogen) atoms. The van der Waals surface area contributed by atoms with Crippen LogP contribution in [0.4, 0.5) is 0 Å². The summed E-state index contributed by atoms with van der Waals surface area (Å²) in [7, 11) is 0. The molecule has 2 N–H and O–H groups in total. The molecule has 1 amide bonds. The molecule has 0 aliphatic heterocycles. The molecule has 1 aromatic carbocycles. The van der Waals surface area contributed by atoms with E-state index in [0.29, 0.717) is 24.6 Å². The molecule has 1 aliphatic rings. The minimum absolute atomic E-state index is 0.0788. The van der Waals surface area contributed by atoms with Gasteiger partial charge in [0.2, 0.25) is 0 Å². The Morgan fingerprint density at radius 3 is 2.50 bits per heavy atom. The van der Waals surface area contributed by atoms with E-state index in [2.05, 4.69) is 5.32 Å². The number of hydrogen-bond donors (Lipinski definition) is 2. The molecule has 2 rings (SSSR count). The van der Waals surface area contributed by atoms with Crippen LogP contribution in [0.5, 0.6) is 5.75 Å². The molecular weight excluding hydrogens is 278 g/mol. The van der Waals surface area contributed by atoms with Crippen molar-refractivity contribution in [2.45, 2.75) is 58.2 Å². The first-order valence-corrected chi connectivity index (χ1v) is 8.27. The maximum absolute atomic E-state index is 12.1. The molecule has 0 heterocycles. The van der Waals surface area contributed by atoms with Gasteiger partial charge in [0.25, 0.3) is 5.91 Å². The first-order valence-electron chi connectivity index (χ1n) is 8.27. The molecular formula is C18H27NO3. The first-order chi connectivity index (χ1) is 10.5. The minimum Gasteiger partial charge on any atom is -0.490 e. The molecule has 4 heteroatoms. The van der Waals surface area contributed by atoms with Gasteiger partial charge in [-0.15, -0.1) is 0 Å². The predicted molar refractivity (Wildman–Crippen MR) is 87.1 cm³/mol. The number of benzene rings is 1. The lowest BCUT2D eigenvalue weighted by atomic mass is 10.0. The van der Waals surface area contributed by atoms with Crippen molar-refractivity contribution in [3.63, 3.8) is 0 Å². The first kappa shape index (κ1) is 16.8. The lowest BCUT2D eigenvalue weighted by Gasteiger charge is -2.15. The summed E-state index contributed by atoms with van der Waals surface area (Å²) in [6.07, 6.45) is 5.44. The van der Waals surface area contributed by atoms with Crippen molar-refractivity contribution < 1.29 is 14.6 Å². The predicted octanol–water partition coefficient (Wildman–Crippen LogP) is 3.14. The summed E-state index contributed by atoms with van der Waals surface area (Å²) in [5, 5.41) is 12.2. The number of nitrogens with one attached hydrogen (secondary N) is 1. The number of carbonyl (C=O) groups excluding carboxylic acids is 1. The largest absolute Gasteiger partial charge is 0.490 e. The van der Waals surface area contributed by atoms with Gasteiger partial charge in [-0.3, -0.25) is 4.79 Å². The molecule has 1 fully saturated rings. The number of ether oxygens (including phenoxy) is 1. The Morgan fingerprint density at radius 1 is 1.27 bits per heavy atom. The zero-order valence-corrected chi connectivity index (χ0v) is 13.5. The molecule has 122 valence electrons. The molecule has 0 aromatic heterocycles. The second-order valence-electron chi connectivity index (χ2n) is 6.45. The summed E-state index contributed by atoms with van der Waals surface area (Å²) in [5.41, 5.74) is 0.642. The quantitative estimate of drug-likeness (QED) is 0.813. The van der Waals surface area contributed by atoms with E-state index in [4.69, 9.17) is 4.74 Å². The summed E-state index contributed by atoms with van der Waals surface area (Å²) in [4.78, 5) is 12.1. The fourth-order valence-electron chi connectivity index (χ4n) is 2.92. The van der Waals surface area contributed by atoms with Crippen LogP contribution in [0.2, 0.25) is 0 Å². The maximum atomic E-state index is 12.1. The summed E-state index contributed by atoms with van der Waals surface area (Å²) in [5.74, 6) is 1.02. The van der Waals surface area contributed by atoms with E-state index in [1.807, 2.05) is 19.1 Å². The normalized spacial score (nSPS) is 18.0. The Balaban J connectivity index is 1.80. The number of rotatable bonds is 7. The molecule has 0 radical (unpaired) electrons. The van der Waals surface area contributed by atoms with E-state index < -0.39 is 0 Å². The average Bonchev–Trinajstić information content (AvgIpc) is 2.98. The van der Waals surface area contributed by atoms with Crippen molar-refractivity contribution in [2.75, 3.05) is 6.54 Å². The molecule has 1 aliphatic carbocycles. The van der Waals surface area contributed by atoms with Crippen LogP contribution in [0.15, 0.2) is 24.3 Å². The third kappa shape index (κ3) is 5.34. The van der Waals surface area contributed by atoms with Crippen LogP contribution in [0, 0.1) is 5.92 Å². The highest BCUT2D eigenvalue weighted by Gasteiger charge is 2.16. The van der Waals surface area contributed by atoms with Crippen LogP contribution in [0.1, 0.15) is 56.3 Å². The smallest absolute Gasteiger partial charge is 0.251 e. The molecule has 1 saturated carbocycles. The SMILES string of the molecule is CC(O)CC(C)CNC(=O)c1ccc(OC2CCCC2)cc1. The highest BCUT2D eigenvalue weighted by molar-refractivity contribution is 5.94. The van der Waals surface area contributed by atoms with E-state index in [0.717, 1.165) is 18.6 Å². The van der Waals surface area contributed by atoms with Crippen molar-refractivity contribution in [1.82, 2.24) is 5.32 Å². The van der Waals surface area contributed by atoms with Crippen molar-refractivity contribution in [3.05, 3.63) is 29.8 Å². The van der Waals surface area contributed by atoms with Crippen LogP contribution in [-0.4, -0.2) is 29.8 Å². The number of carbonyl (C=O) groups is 1. The van der Waals surface area contributed by atoms with Crippen LogP contribution < -0.4 is 10.1 Å². The highest BCUT2D eigenvalue weighted by Crippen LogP contribution is 2.24. The summed E-state index contributed by atoms with van der Waals surface area (Å²) in [6, 6.07) is 7.34. The number of aliphatic hydroxyl groups excluding tert-OH is 1. The Kier molecular flexibility index (Phi) is 6.25. The standard InChI is InChI=1S/C18H27NO3/c1-13(11-14(2)20)12-19-18(21)15-7-9-17(10-8-15)22-16-5-3-4-6-16/h7-10,13-14,16,20H,3-6,11-12H2,1-2H3,(H,19,21). The topological polar surface area (TPSA) is 58.6 Å². The molecule has 0 saturated heterocycles. The molecule has 2 unspecified atom stereocenters. The second-order valence-corrected chi connectivity index (χ2v) is 6.45. The van der Waals surface area contributed by atoms with Gasteiger partial charge in [-0.05, 0) is 69.2 Å². The minimum atomic E-state index is -0.334. The molecule has 0 bridgehead atoms. The summed E-state index contributed by atoms with van der Waals surface area (Å²) in [6.45, 7) is 4.36. The molecule has 1 aromatic rings. The van der Waals surface area contributed by atoms with Gasteiger partial charge < -0.3 is 15.2 Å². The third-order valence-electron chi connectivity index (χ3n) is 4.08. The maximum Gasteiger partial charge on any atom is 0.251 e. The van der Waals surface area contributed by atoms with Crippen molar-refractivity contribution in [2.24, 2.45) is 5.92 Å². The molecule has 4 nitrogen and oxygen atoms in total. The van der Waals surface area contributed by atoms with Gasteiger partial charge in [-0.2, -0.15) is 0 Å². The van der Waals surface area contributed by atoms with Gasteiger partial charge in [0.1, 0.15) is 5.75 Å². The monoisotopic (exact) mass is 305 g/mol. The van der Waals surface area contributed by atoms with Crippen LogP contribution >= 0.6 is 0 Å². The van der Waals surface area contributed by atoms with Gasteiger partial charge in [0.05, 0.1) is 12.2 Å². The number of hydrogen-bond acceptors (Lipinski definition) is 3. The van der Waals surface area contributed by atoms with E-state index in [-0.39, 0.29) is 17.9 Å². The lowest BCUT2D eigenvalue weighted by Crippen LogP contribution is -2.29. The van der Waals surface area contributed by atoms with Crippen LogP contribution in [0.25, 0.3) is 0 Å². The van der Waals surface area contributed by atoms with Crippen LogP contribution in [0.3, 0.4) is 0 Å². The van der Waals surface area contributed by atoms with Gasteiger partial charge in [-0.25, -0.2) is 0 Å². The summed E-state index contributed by atoms with van der Waals surface area (Å²) < 4.78 is 5.89. The van der Waals surface area contributed by atoms with Crippen LogP contribution in [-0.2, 0) is 0 Å². The zero-order chi connectivity index (χ0) is 15.9. The number of aliphatic hydroxyl groups is 1. The molecule has 2 atom stereocenters. The van der Waals surface area contributed by atoms with E-state index >= 15 is 0 Å². The van der Waals surface area contributed by atoms with Crippen molar-refractivity contribution in [3.8, 4) is 5.75 Å². The van der Waals surface area contributed by atoms with E-state index in [1.54, 1.807) is 19.1 Å². The molecule has 0 spiro atoms. The second kappa shape index (κ2) is 8.18. The van der Waals surface area contributed by atoms with Gasteiger partial charge >= 0.3 is 0 Å². The summed E-state index contributed by atoms with van der Waals surface area (Å²) >= 11 is 0. The zero-order valence-electron chi connectivity index (χ0n) is 13.5. The van der Waals surface area contributed by atoms with Crippen molar-refractivity contribution in [1.29, 1.82) is 0 Å². The average molecular weight is 305 g/mol. The van der Waals surface area contributed by atoms with Gasteiger partial charge in [0, 0.05) is 12.1 Å². The Hall–Kier alpha value is -1.55. The Labute approximate surface area is 132 Å². The highest BCUT2D eigenvalue weighted by atomic mass is 16.5. The number of amides is 1. The van der Waals surface area contributed by atoms with Gasteiger partial charge in [0.15, 0.2) is 0 Å². The van der Waals surface area contributed by atoms with Gasteiger partial charge in [-0.1, -0.05) is 6.92 Å². The Bertz CT molecular complexity index is 464. The van der Waals surface area contributed by atoms with Crippen molar-refractivity contribution >= 4 is 5.91 Å². The Morgan fingerprint density at radius 2 is 1.91 bits per heavy atom. The fraction of sp³-hybridized carbons (Fsp3) is 0.611. The lowest BCUT2D eigenvalue weighted by molar-refractivity contribution is 0.0939. The third-order valence-corrected chi connectivity index (χ3v) is 4.08.